The first-order chi connectivity index (χ1) is 11.5. The standard InChI is InChI=1S/C16H21FN4O2S/c1-21(2)10-14-3-4-15(23-14)11-24-6-5-19-16(22)20-13-7-12(17)8-18-9-13/h3-4,7-9H,5-6,10-11H2,1-2H3,(H2,19,20,22). The number of pyridine rings is 1. The van der Waals surface area contributed by atoms with E-state index in [-0.39, 0.29) is 6.03 Å². The number of nitrogens with zero attached hydrogens (tertiary/aromatic N) is 2. The molecule has 0 aliphatic carbocycles. The number of anilines is 1. The van der Waals surface area contributed by atoms with Crippen LogP contribution in [-0.2, 0) is 12.3 Å². The van der Waals surface area contributed by atoms with Gasteiger partial charge < -0.3 is 20.0 Å². The van der Waals surface area contributed by atoms with Gasteiger partial charge in [0, 0.05) is 18.4 Å². The lowest BCUT2D eigenvalue weighted by Gasteiger charge is -2.07. The van der Waals surface area contributed by atoms with Gasteiger partial charge in [-0.25, -0.2) is 9.18 Å². The molecule has 0 saturated heterocycles. The lowest BCUT2D eigenvalue weighted by Crippen LogP contribution is -2.30. The minimum atomic E-state index is -0.490. The number of carbonyl (C=O) groups excluding carboxylic acids is 1. The lowest BCUT2D eigenvalue weighted by molar-refractivity contribution is 0.252. The molecule has 0 unspecified atom stereocenters. The Kier molecular flexibility index (Phi) is 7.07. The van der Waals surface area contributed by atoms with Crippen LogP contribution in [-0.4, -0.2) is 42.3 Å². The number of rotatable bonds is 8. The van der Waals surface area contributed by atoms with Gasteiger partial charge in [-0.2, -0.15) is 11.8 Å². The maximum absolute atomic E-state index is 13.0. The number of furan rings is 1. The molecule has 0 fully saturated rings. The van der Waals surface area contributed by atoms with Gasteiger partial charge in [0.1, 0.15) is 17.3 Å². The summed E-state index contributed by atoms with van der Waals surface area (Å²) in [5.74, 6) is 2.88. The number of thioether (sulfide) groups is 1. The van der Waals surface area contributed by atoms with Crippen LogP contribution in [0.3, 0.4) is 0 Å². The topological polar surface area (TPSA) is 70.4 Å². The highest BCUT2D eigenvalue weighted by molar-refractivity contribution is 7.98. The van der Waals surface area contributed by atoms with Crippen LogP contribution < -0.4 is 10.6 Å². The average Bonchev–Trinajstić information content (AvgIpc) is 2.93. The molecule has 0 aliphatic heterocycles. The van der Waals surface area contributed by atoms with Gasteiger partial charge in [0.05, 0.1) is 30.4 Å². The van der Waals surface area contributed by atoms with Crippen molar-refractivity contribution in [1.29, 1.82) is 0 Å². The van der Waals surface area contributed by atoms with E-state index in [4.69, 9.17) is 4.42 Å². The molecule has 24 heavy (non-hydrogen) atoms. The first-order valence-electron chi connectivity index (χ1n) is 7.48. The molecule has 0 atom stereocenters. The maximum atomic E-state index is 13.0. The summed E-state index contributed by atoms with van der Waals surface area (Å²) in [6, 6.07) is 4.79. The van der Waals surface area contributed by atoms with E-state index in [1.54, 1.807) is 11.8 Å². The van der Waals surface area contributed by atoms with E-state index < -0.39 is 5.82 Å². The second-order valence-corrected chi connectivity index (χ2v) is 6.54. The third-order valence-corrected chi connectivity index (χ3v) is 3.91. The van der Waals surface area contributed by atoms with Gasteiger partial charge in [-0.15, -0.1) is 0 Å². The summed E-state index contributed by atoms with van der Waals surface area (Å²) in [5, 5.41) is 5.24. The van der Waals surface area contributed by atoms with Crippen molar-refractivity contribution in [3.63, 3.8) is 0 Å². The number of halogens is 1. The van der Waals surface area contributed by atoms with Gasteiger partial charge in [0.15, 0.2) is 0 Å². The lowest BCUT2D eigenvalue weighted by atomic mass is 10.4. The Hall–Kier alpha value is -2.06. The molecule has 8 heteroatoms. The fourth-order valence-electron chi connectivity index (χ4n) is 1.96. The molecule has 0 aliphatic rings. The van der Waals surface area contributed by atoms with Crippen molar-refractivity contribution in [2.75, 3.05) is 31.7 Å². The fourth-order valence-corrected chi connectivity index (χ4v) is 2.71. The Bertz CT molecular complexity index is 663. The van der Waals surface area contributed by atoms with Crippen LogP contribution in [0.1, 0.15) is 11.5 Å². The number of hydrogen-bond acceptors (Lipinski definition) is 5. The van der Waals surface area contributed by atoms with Crippen molar-refractivity contribution in [2.45, 2.75) is 12.3 Å². The minimum Gasteiger partial charge on any atom is -0.464 e. The van der Waals surface area contributed by atoms with Gasteiger partial charge in [-0.05, 0) is 26.2 Å². The summed E-state index contributed by atoms with van der Waals surface area (Å²) < 4.78 is 18.7. The summed E-state index contributed by atoms with van der Waals surface area (Å²) in [7, 11) is 3.99. The molecule has 6 nitrogen and oxygen atoms in total. The third kappa shape index (κ3) is 6.59. The van der Waals surface area contributed by atoms with Gasteiger partial charge in [0.25, 0.3) is 0 Å². The highest BCUT2D eigenvalue weighted by atomic mass is 32.2. The molecule has 2 amide bonds. The van der Waals surface area contributed by atoms with E-state index in [0.29, 0.717) is 12.2 Å². The van der Waals surface area contributed by atoms with Crippen molar-refractivity contribution < 1.29 is 13.6 Å². The normalized spacial score (nSPS) is 10.8. The quantitative estimate of drug-likeness (QED) is 0.715. The average molecular weight is 352 g/mol. The van der Waals surface area contributed by atoms with Crippen LogP contribution in [0.5, 0.6) is 0 Å². The summed E-state index contributed by atoms with van der Waals surface area (Å²) in [6.07, 6.45) is 2.47. The smallest absolute Gasteiger partial charge is 0.319 e. The van der Waals surface area contributed by atoms with Crippen LogP contribution in [0, 0.1) is 5.82 Å². The third-order valence-electron chi connectivity index (χ3n) is 2.93. The largest absolute Gasteiger partial charge is 0.464 e. The van der Waals surface area contributed by atoms with Crippen LogP contribution in [0.2, 0.25) is 0 Å². The van der Waals surface area contributed by atoms with E-state index in [2.05, 4.69) is 15.6 Å². The molecule has 0 radical (unpaired) electrons. The van der Waals surface area contributed by atoms with E-state index in [9.17, 15) is 9.18 Å². The summed E-state index contributed by atoms with van der Waals surface area (Å²) in [6.45, 7) is 1.28. The van der Waals surface area contributed by atoms with Crippen molar-refractivity contribution in [3.8, 4) is 0 Å². The summed E-state index contributed by atoms with van der Waals surface area (Å²) >= 11 is 1.67. The maximum Gasteiger partial charge on any atom is 0.319 e. The molecule has 2 rings (SSSR count). The van der Waals surface area contributed by atoms with E-state index in [1.807, 2.05) is 31.1 Å². The van der Waals surface area contributed by atoms with Crippen LogP contribution >= 0.6 is 11.8 Å². The Balaban J connectivity index is 1.61. The van der Waals surface area contributed by atoms with Gasteiger partial charge in [-0.3, -0.25) is 4.98 Å². The molecule has 130 valence electrons. The van der Waals surface area contributed by atoms with Crippen molar-refractivity contribution in [3.05, 3.63) is 47.9 Å². The van der Waals surface area contributed by atoms with Crippen LogP contribution in [0.4, 0.5) is 14.9 Å². The molecular formula is C16H21FN4O2S. The van der Waals surface area contributed by atoms with E-state index in [1.165, 1.54) is 12.3 Å². The Labute approximate surface area is 144 Å². The summed E-state index contributed by atoms with van der Waals surface area (Å²) in [4.78, 5) is 17.4. The summed E-state index contributed by atoms with van der Waals surface area (Å²) in [5.41, 5.74) is 0.323. The van der Waals surface area contributed by atoms with E-state index >= 15 is 0 Å². The van der Waals surface area contributed by atoms with Crippen LogP contribution in [0.15, 0.2) is 35.0 Å². The zero-order valence-electron chi connectivity index (χ0n) is 13.7. The predicted octanol–water partition coefficient (Wildman–Crippen LogP) is 2.93. The first-order valence-corrected chi connectivity index (χ1v) is 8.64. The fraction of sp³-hybridized carbons (Fsp3) is 0.375. The molecule has 2 aromatic heterocycles. The zero-order valence-corrected chi connectivity index (χ0v) is 14.5. The molecule has 0 saturated carbocycles. The molecule has 2 N–H and O–H groups in total. The van der Waals surface area contributed by atoms with E-state index in [0.717, 1.165) is 35.8 Å². The van der Waals surface area contributed by atoms with Gasteiger partial charge in [0.2, 0.25) is 0 Å². The number of aromatic nitrogens is 1. The number of amides is 2. The van der Waals surface area contributed by atoms with Gasteiger partial charge in [-0.1, -0.05) is 0 Å². The van der Waals surface area contributed by atoms with Crippen molar-refractivity contribution in [1.82, 2.24) is 15.2 Å². The Morgan fingerprint density at radius 2 is 2.12 bits per heavy atom. The molecule has 0 aromatic carbocycles. The molecule has 2 aromatic rings. The number of carbonyl (C=O) groups is 1. The zero-order chi connectivity index (χ0) is 17.4. The predicted molar refractivity (Wildman–Crippen MR) is 93.5 cm³/mol. The monoisotopic (exact) mass is 352 g/mol. The Morgan fingerprint density at radius 1 is 1.33 bits per heavy atom. The molecule has 2 heterocycles. The van der Waals surface area contributed by atoms with Crippen molar-refractivity contribution in [2.24, 2.45) is 0 Å². The second-order valence-electron chi connectivity index (χ2n) is 5.43. The first kappa shape index (κ1) is 18.3. The van der Waals surface area contributed by atoms with Gasteiger partial charge >= 0.3 is 6.03 Å². The number of hydrogen-bond donors (Lipinski definition) is 2. The second kappa shape index (κ2) is 9.29. The number of urea groups is 1. The number of nitrogens with one attached hydrogen (secondary N) is 2. The highest BCUT2D eigenvalue weighted by Crippen LogP contribution is 2.16. The molecular weight excluding hydrogens is 331 g/mol. The van der Waals surface area contributed by atoms with Crippen molar-refractivity contribution >= 4 is 23.5 Å². The molecule has 0 bridgehead atoms. The molecule has 0 spiro atoms. The van der Waals surface area contributed by atoms with Crippen LogP contribution in [0.25, 0.3) is 0 Å². The highest BCUT2D eigenvalue weighted by Gasteiger charge is 2.05. The SMILES string of the molecule is CN(C)Cc1ccc(CSCCNC(=O)Nc2cncc(F)c2)o1. The minimum absolute atomic E-state index is 0.323. The Morgan fingerprint density at radius 3 is 2.88 bits per heavy atom.